The number of pyridine rings is 1. The van der Waals surface area contributed by atoms with Gasteiger partial charge in [-0.25, -0.2) is 4.68 Å². The predicted octanol–water partition coefficient (Wildman–Crippen LogP) is 4.87. The third-order valence-electron chi connectivity index (χ3n) is 4.82. The third kappa shape index (κ3) is 4.86. The summed E-state index contributed by atoms with van der Waals surface area (Å²) in [5, 5.41) is 14.8. The van der Waals surface area contributed by atoms with Gasteiger partial charge >= 0.3 is 5.97 Å². The number of ether oxygens (including phenoxy) is 1. The number of thioether (sulfide) groups is 1. The van der Waals surface area contributed by atoms with Crippen LogP contribution >= 0.6 is 11.8 Å². The SMILES string of the molecule is O=C(O)CCSc1ccc2c(/C=C/c3ccccn3)nn(C3CCCCO3)c2c1. The van der Waals surface area contributed by atoms with Crippen LogP contribution in [0.1, 0.15) is 43.3 Å². The molecule has 1 atom stereocenters. The number of hydrogen-bond acceptors (Lipinski definition) is 5. The molecule has 0 aliphatic carbocycles. The molecule has 3 heterocycles. The van der Waals surface area contributed by atoms with Crippen LogP contribution in [0.15, 0.2) is 47.5 Å². The van der Waals surface area contributed by atoms with Crippen LogP contribution in [0.3, 0.4) is 0 Å². The largest absolute Gasteiger partial charge is 0.481 e. The lowest BCUT2D eigenvalue weighted by Crippen LogP contribution is -2.19. The zero-order valence-electron chi connectivity index (χ0n) is 16.0. The second-order valence-corrected chi connectivity index (χ2v) is 8.08. The van der Waals surface area contributed by atoms with Gasteiger partial charge in [0, 0.05) is 28.8 Å². The summed E-state index contributed by atoms with van der Waals surface area (Å²) in [6.07, 6.45) is 8.94. The fourth-order valence-electron chi connectivity index (χ4n) is 3.39. The third-order valence-corrected chi connectivity index (χ3v) is 5.82. The number of nitrogens with zero attached hydrogens (tertiary/aromatic N) is 3. The summed E-state index contributed by atoms with van der Waals surface area (Å²) < 4.78 is 7.96. The second kappa shape index (κ2) is 9.24. The highest BCUT2D eigenvalue weighted by Crippen LogP contribution is 2.32. The molecule has 0 spiro atoms. The molecule has 4 rings (SSSR count). The summed E-state index contributed by atoms with van der Waals surface area (Å²) in [5.74, 6) is -0.234. The van der Waals surface area contributed by atoms with Crippen LogP contribution in [0, 0.1) is 0 Å². The van der Waals surface area contributed by atoms with Crippen molar-refractivity contribution in [1.29, 1.82) is 0 Å². The van der Waals surface area contributed by atoms with E-state index in [2.05, 4.69) is 17.1 Å². The van der Waals surface area contributed by atoms with E-state index in [1.807, 2.05) is 41.1 Å². The molecular weight excluding hydrogens is 386 g/mol. The Hall–Kier alpha value is -2.64. The lowest BCUT2D eigenvalue weighted by Gasteiger charge is -2.23. The van der Waals surface area contributed by atoms with Crippen molar-refractivity contribution in [2.45, 2.75) is 36.8 Å². The van der Waals surface area contributed by atoms with E-state index in [0.29, 0.717) is 5.75 Å². The van der Waals surface area contributed by atoms with Crippen molar-refractivity contribution in [1.82, 2.24) is 14.8 Å². The van der Waals surface area contributed by atoms with E-state index in [1.165, 1.54) is 0 Å². The second-order valence-electron chi connectivity index (χ2n) is 6.91. The summed E-state index contributed by atoms with van der Waals surface area (Å²) in [6.45, 7) is 0.748. The Balaban J connectivity index is 1.67. The molecule has 7 heteroatoms. The molecule has 1 aromatic carbocycles. The highest BCUT2D eigenvalue weighted by Gasteiger charge is 2.20. The highest BCUT2D eigenvalue weighted by molar-refractivity contribution is 7.99. The van der Waals surface area contributed by atoms with E-state index in [0.717, 1.165) is 53.1 Å². The van der Waals surface area contributed by atoms with Crippen molar-refractivity contribution >= 4 is 40.8 Å². The average molecular weight is 410 g/mol. The van der Waals surface area contributed by atoms with Crippen molar-refractivity contribution in [3.63, 3.8) is 0 Å². The first-order valence-corrected chi connectivity index (χ1v) is 10.8. The zero-order valence-corrected chi connectivity index (χ0v) is 16.8. The van der Waals surface area contributed by atoms with Crippen LogP contribution in [0.4, 0.5) is 0 Å². The van der Waals surface area contributed by atoms with Crippen molar-refractivity contribution in [2.24, 2.45) is 0 Å². The fourth-order valence-corrected chi connectivity index (χ4v) is 4.26. The number of benzene rings is 1. The van der Waals surface area contributed by atoms with Crippen molar-refractivity contribution < 1.29 is 14.6 Å². The monoisotopic (exact) mass is 409 g/mol. The van der Waals surface area contributed by atoms with Crippen LogP contribution in [0.5, 0.6) is 0 Å². The first-order chi connectivity index (χ1) is 14.2. The molecule has 29 heavy (non-hydrogen) atoms. The molecular formula is C22H23N3O3S. The van der Waals surface area contributed by atoms with Crippen molar-refractivity contribution in [3.05, 3.63) is 54.0 Å². The number of carbonyl (C=O) groups is 1. The number of aromatic nitrogens is 3. The Kier molecular flexibility index (Phi) is 6.27. The number of carboxylic acids is 1. The van der Waals surface area contributed by atoms with E-state index < -0.39 is 5.97 Å². The minimum absolute atomic E-state index is 0.0671. The van der Waals surface area contributed by atoms with Gasteiger partial charge in [-0.15, -0.1) is 11.8 Å². The Morgan fingerprint density at radius 2 is 2.21 bits per heavy atom. The maximum atomic E-state index is 10.8. The summed E-state index contributed by atoms with van der Waals surface area (Å²) >= 11 is 1.55. The Morgan fingerprint density at radius 1 is 1.28 bits per heavy atom. The lowest BCUT2D eigenvalue weighted by molar-refractivity contribution is -0.136. The summed E-state index contributed by atoms with van der Waals surface area (Å²) in [6, 6.07) is 12.0. The predicted molar refractivity (Wildman–Crippen MR) is 115 cm³/mol. The molecule has 0 radical (unpaired) electrons. The first kappa shape index (κ1) is 19.7. The average Bonchev–Trinajstić information content (AvgIpc) is 3.11. The first-order valence-electron chi connectivity index (χ1n) is 9.78. The Labute approximate surface area is 173 Å². The van der Waals surface area contributed by atoms with E-state index in [9.17, 15) is 4.79 Å². The fraction of sp³-hybridized carbons (Fsp3) is 0.318. The van der Waals surface area contributed by atoms with E-state index in [-0.39, 0.29) is 12.6 Å². The topological polar surface area (TPSA) is 77.2 Å². The molecule has 0 bridgehead atoms. The van der Waals surface area contributed by atoms with Gasteiger partial charge in [-0.05, 0) is 61.7 Å². The van der Waals surface area contributed by atoms with Crippen LogP contribution in [0.25, 0.3) is 23.1 Å². The number of hydrogen-bond donors (Lipinski definition) is 1. The van der Waals surface area contributed by atoms with Crippen molar-refractivity contribution in [2.75, 3.05) is 12.4 Å². The Bertz CT molecular complexity index is 1010. The molecule has 150 valence electrons. The number of fused-ring (bicyclic) bond motifs is 1. The van der Waals surface area contributed by atoms with Gasteiger partial charge in [0.1, 0.15) is 0 Å². The zero-order chi connectivity index (χ0) is 20.1. The quantitative estimate of drug-likeness (QED) is 0.561. The molecule has 1 unspecified atom stereocenters. The molecule has 6 nitrogen and oxygen atoms in total. The minimum atomic E-state index is -0.777. The minimum Gasteiger partial charge on any atom is -0.481 e. The molecule has 1 aliphatic heterocycles. The molecule has 1 aliphatic rings. The van der Waals surface area contributed by atoms with Gasteiger partial charge in [-0.1, -0.05) is 6.07 Å². The van der Waals surface area contributed by atoms with E-state index in [4.69, 9.17) is 14.9 Å². The van der Waals surface area contributed by atoms with E-state index >= 15 is 0 Å². The molecule has 1 saturated heterocycles. The number of rotatable bonds is 7. The van der Waals surface area contributed by atoms with Gasteiger partial charge in [-0.3, -0.25) is 9.78 Å². The van der Waals surface area contributed by atoms with Crippen molar-refractivity contribution in [3.8, 4) is 0 Å². The van der Waals surface area contributed by atoms with Crippen LogP contribution in [0.2, 0.25) is 0 Å². The highest BCUT2D eigenvalue weighted by atomic mass is 32.2. The maximum absolute atomic E-state index is 10.8. The van der Waals surface area contributed by atoms with Crippen LogP contribution < -0.4 is 0 Å². The number of carboxylic acid groups (broad SMARTS) is 1. The molecule has 2 aromatic heterocycles. The van der Waals surface area contributed by atoms with Crippen LogP contribution in [-0.2, 0) is 9.53 Å². The Morgan fingerprint density at radius 3 is 2.97 bits per heavy atom. The normalized spacial score (nSPS) is 17.2. The summed E-state index contributed by atoms with van der Waals surface area (Å²) in [7, 11) is 0. The molecule has 1 fully saturated rings. The maximum Gasteiger partial charge on any atom is 0.304 e. The number of aliphatic carboxylic acids is 1. The molecule has 0 saturated carbocycles. The summed E-state index contributed by atoms with van der Waals surface area (Å²) in [4.78, 5) is 16.2. The molecule has 0 amide bonds. The molecule has 1 N–H and O–H groups in total. The van der Waals surface area contributed by atoms with Gasteiger partial charge in [-0.2, -0.15) is 5.10 Å². The summed E-state index contributed by atoms with van der Waals surface area (Å²) in [5.41, 5.74) is 2.77. The smallest absolute Gasteiger partial charge is 0.304 e. The standard InChI is InChI=1S/C22H23N3O3S/c26-22(27)11-14-29-17-8-9-18-19(10-7-16-5-1-3-12-23-16)24-25(20(18)15-17)21-6-2-4-13-28-21/h1,3,5,7-10,12,15,21H,2,4,6,11,13-14H2,(H,26,27)/b10-7+. The van der Waals surface area contributed by atoms with Gasteiger partial charge < -0.3 is 9.84 Å². The van der Waals surface area contributed by atoms with Gasteiger partial charge in [0.25, 0.3) is 0 Å². The lowest BCUT2D eigenvalue weighted by atomic mass is 10.1. The van der Waals surface area contributed by atoms with Gasteiger partial charge in [0.15, 0.2) is 6.23 Å². The van der Waals surface area contributed by atoms with Gasteiger partial charge in [0.2, 0.25) is 0 Å². The van der Waals surface area contributed by atoms with E-state index in [1.54, 1.807) is 18.0 Å². The van der Waals surface area contributed by atoms with Crippen LogP contribution in [-0.4, -0.2) is 38.2 Å². The molecule has 3 aromatic rings. The van der Waals surface area contributed by atoms with Gasteiger partial charge in [0.05, 0.1) is 23.3 Å².